The second-order valence-electron chi connectivity index (χ2n) is 5.01. The van der Waals surface area contributed by atoms with Gasteiger partial charge in [-0.2, -0.15) is 0 Å². The molecule has 20 heavy (non-hydrogen) atoms. The molecule has 1 N–H and O–H groups in total. The second-order valence-corrected chi connectivity index (χ2v) is 5.01. The molecule has 0 aromatic carbocycles. The number of nitrogens with one attached hydrogen (secondary N) is 1. The molecule has 1 aromatic rings. The van der Waals surface area contributed by atoms with E-state index < -0.39 is 0 Å². The van der Waals surface area contributed by atoms with Crippen molar-refractivity contribution in [1.82, 2.24) is 10.3 Å². The number of unbranched alkanes of at least 4 members (excludes halogenated alkanes) is 5. The van der Waals surface area contributed by atoms with E-state index in [1.807, 2.05) is 6.92 Å². The number of hydrogen-bond donors (Lipinski definition) is 1. The standard InChI is InChI=1S/C16H27FN2O/c1-3-5-6-7-8-9-10-20-16-14(12-18-4-2)11-15(17)13-19-16/h11,13,18H,3-10,12H2,1-2H3. The molecule has 0 amide bonds. The fourth-order valence-corrected chi connectivity index (χ4v) is 2.04. The molecule has 4 heteroatoms. The fraction of sp³-hybridized carbons (Fsp3) is 0.688. The van der Waals surface area contributed by atoms with Gasteiger partial charge in [0.1, 0.15) is 5.82 Å². The van der Waals surface area contributed by atoms with Crippen LogP contribution >= 0.6 is 0 Å². The minimum Gasteiger partial charge on any atom is -0.477 e. The summed E-state index contributed by atoms with van der Waals surface area (Å²) in [5.74, 6) is 0.241. The minimum absolute atomic E-state index is 0.315. The van der Waals surface area contributed by atoms with Crippen molar-refractivity contribution in [2.24, 2.45) is 0 Å². The summed E-state index contributed by atoms with van der Waals surface area (Å²) in [4.78, 5) is 4.04. The fourth-order valence-electron chi connectivity index (χ4n) is 2.04. The van der Waals surface area contributed by atoms with Crippen LogP contribution in [0.1, 0.15) is 57.9 Å². The van der Waals surface area contributed by atoms with Crippen LogP contribution < -0.4 is 10.1 Å². The highest BCUT2D eigenvalue weighted by Gasteiger charge is 2.06. The molecule has 1 rings (SSSR count). The lowest BCUT2D eigenvalue weighted by molar-refractivity contribution is 0.288. The zero-order chi connectivity index (χ0) is 14.6. The van der Waals surface area contributed by atoms with Crippen molar-refractivity contribution in [3.8, 4) is 5.88 Å². The highest BCUT2D eigenvalue weighted by atomic mass is 19.1. The van der Waals surface area contributed by atoms with E-state index in [-0.39, 0.29) is 5.82 Å². The summed E-state index contributed by atoms with van der Waals surface area (Å²) in [6.45, 7) is 6.32. The Balaban J connectivity index is 2.31. The molecule has 0 saturated carbocycles. The van der Waals surface area contributed by atoms with Gasteiger partial charge in [0.05, 0.1) is 12.8 Å². The van der Waals surface area contributed by atoms with Crippen LogP contribution in [0.4, 0.5) is 4.39 Å². The first-order valence-corrected chi connectivity index (χ1v) is 7.75. The summed E-state index contributed by atoms with van der Waals surface area (Å²) in [6, 6.07) is 1.49. The quantitative estimate of drug-likeness (QED) is 0.621. The highest BCUT2D eigenvalue weighted by Crippen LogP contribution is 2.16. The van der Waals surface area contributed by atoms with E-state index >= 15 is 0 Å². The average Bonchev–Trinajstić information content (AvgIpc) is 2.45. The number of nitrogens with zero attached hydrogens (tertiary/aromatic N) is 1. The summed E-state index contributed by atoms with van der Waals surface area (Å²) in [6.07, 6.45) is 8.57. The molecular weight excluding hydrogens is 255 g/mol. The largest absolute Gasteiger partial charge is 0.477 e. The van der Waals surface area contributed by atoms with Crippen molar-refractivity contribution in [3.63, 3.8) is 0 Å². The topological polar surface area (TPSA) is 34.1 Å². The predicted molar refractivity (Wildman–Crippen MR) is 80.4 cm³/mol. The number of hydrogen-bond acceptors (Lipinski definition) is 3. The van der Waals surface area contributed by atoms with Gasteiger partial charge in [0.15, 0.2) is 0 Å². The maximum Gasteiger partial charge on any atom is 0.218 e. The summed E-state index contributed by atoms with van der Waals surface area (Å²) in [5, 5.41) is 3.17. The van der Waals surface area contributed by atoms with Crippen molar-refractivity contribution >= 4 is 0 Å². The van der Waals surface area contributed by atoms with Gasteiger partial charge in [-0.3, -0.25) is 0 Å². The number of rotatable bonds is 11. The van der Waals surface area contributed by atoms with Crippen molar-refractivity contribution < 1.29 is 9.13 Å². The van der Waals surface area contributed by atoms with Crippen molar-refractivity contribution in [1.29, 1.82) is 0 Å². The summed E-state index contributed by atoms with van der Waals surface area (Å²) in [7, 11) is 0. The van der Waals surface area contributed by atoms with Gasteiger partial charge in [0.25, 0.3) is 0 Å². The zero-order valence-corrected chi connectivity index (χ0v) is 12.8. The lowest BCUT2D eigenvalue weighted by atomic mass is 10.1. The van der Waals surface area contributed by atoms with E-state index in [1.54, 1.807) is 0 Å². The SMILES string of the molecule is CCCCCCCCOc1ncc(F)cc1CNCC. The summed E-state index contributed by atoms with van der Waals surface area (Å²) < 4.78 is 18.9. The van der Waals surface area contributed by atoms with Crippen molar-refractivity contribution in [2.75, 3.05) is 13.2 Å². The molecule has 0 bridgehead atoms. The van der Waals surface area contributed by atoms with Crippen LogP contribution in [0, 0.1) is 5.82 Å². The Labute approximate surface area is 121 Å². The molecule has 1 heterocycles. The molecule has 0 aliphatic carbocycles. The molecule has 0 fully saturated rings. The predicted octanol–water partition coefficient (Wildman–Crippen LogP) is 4.07. The van der Waals surface area contributed by atoms with Gasteiger partial charge in [-0.15, -0.1) is 0 Å². The Morgan fingerprint density at radius 2 is 1.90 bits per heavy atom. The van der Waals surface area contributed by atoms with E-state index in [2.05, 4.69) is 17.2 Å². The third kappa shape index (κ3) is 6.85. The number of halogens is 1. The van der Waals surface area contributed by atoms with Gasteiger partial charge >= 0.3 is 0 Å². The normalized spacial score (nSPS) is 10.8. The highest BCUT2D eigenvalue weighted by molar-refractivity contribution is 5.26. The van der Waals surface area contributed by atoms with Crippen molar-refractivity contribution in [2.45, 2.75) is 58.9 Å². The molecule has 3 nitrogen and oxygen atoms in total. The Hall–Kier alpha value is -1.16. The van der Waals surface area contributed by atoms with Gasteiger partial charge in [0, 0.05) is 12.1 Å². The van der Waals surface area contributed by atoms with Gasteiger partial charge in [0.2, 0.25) is 5.88 Å². The first-order chi connectivity index (χ1) is 9.77. The van der Waals surface area contributed by atoms with Gasteiger partial charge in [-0.1, -0.05) is 46.0 Å². The lowest BCUT2D eigenvalue weighted by Crippen LogP contribution is -2.14. The number of ether oxygens (including phenoxy) is 1. The summed E-state index contributed by atoms with van der Waals surface area (Å²) >= 11 is 0. The molecule has 0 saturated heterocycles. The number of pyridine rings is 1. The molecule has 1 aromatic heterocycles. The first-order valence-electron chi connectivity index (χ1n) is 7.75. The molecule has 0 unspecified atom stereocenters. The van der Waals surface area contributed by atoms with E-state index in [4.69, 9.17) is 4.74 Å². The van der Waals surface area contributed by atoms with E-state index in [9.17, 15) is 4.39 Å². The van der Waals surface area contributed by atoms with E-state index in [0.29, 0.717) is 19.0 Å². The zero-order valence-electron chi connectivity index (χ0n) is 12.8. The first kappa shape index (κ1) is 16.9. The van der Waals surface area contributed by atoms with E-state index in [0.717, 1.165) is 18.5 Å². The lowest BCUT2D eigenvalue weighted by Gasteiger charge is -2.10. The number of aromatic nitrogens is 1. The van der Waals surface area contributed by atoms with Crippen molar-refractivity contribution in [3.05, 3.63) is 23.6 Å². The summed E-state index contributed by atoms with van der Waals surface area (Å²) in [5.41, 5.74) is 0.790. The third-order valence-electron chi connectivity index (χ3n) is 3.19. The van der Waals surface area contributed by atoms with Crippen LogP contribution in [-0.4, -0.2) is 18.1 Å². The monoisotopic (exact) mass is 282 g/mol. The van der Waals surface area contributed by atoms with Crippen LogP contribution in [0.25, 0.3) is 0 Å². The molecule has 0 atom stereocenters. The molecule has 0 aliphatic heterocycles. The second kappa shape index (κ2) is 10.6. The van der Waals surface area contributed by atoms with Crippen LogP contribution in [0.2, 0.25) is 0 Å². The Morgan fingerprint density at radius 1 is 1.15 bits per heavy atom. The Kier molecular flexibility index (Phi) is 8.96. The molecule has 114 valence electrons. The minimum atomic E-state index is -0.315. The van der Waals surface area contributed by atoms with Crippen LogP contribution in [-0.2, 0) is 6.54 Å². The molecular formula is C16H27FN2O. The van der Waals surface area contributed by atoms with E-state index in [1.165, 1.54) is 44.4 Å². The molecule has 0 radical (unpaired) electrons. The van der Waals surface area contributed by atoms with Gasteiger partial charge in [-0.05, 0) is 19.0 Å². The Morgan fingerprint density at radius 3 is 2.65 bits per heavy atom. The Bertz CT molecular complexity index is 371. The van der Waals surface area contributed by atoms with Crippen LogP contribution in [0.5, 0.6) is 5.88 Å². The maximum atomic E-state index is 13.2. The van der Waals surface area contributed by atoms with Gasteiger partial charge < -0.3 is 10.1 Å². The third-order valence-corrected chi connectivity index (χ3v) is 3.19. The van der Waals surface area contributed by atoms with Crippen LogP contribution in [0.15, 0.2) is 12.3 Å². The molecule has 0 spiro atoms. The maximum absolute atomic E-state index is 13.2. The van der Waals surface area contributed by atoms with Gasteiger partial charge in [-0.25, -0.2) is 9.37 Å². The smallest absolute Gasteiger partial charge is 0.218 e. The van der Waals surface area contributed by atoms with Crippen LogP contribution in [0.3, 0.4) is 0 Å². The average molecular weight is 282 g/mol. The molecule has 0 aliphatic rings.